The van der Waals surface area contributed by atoms with Gasteiger partial charge in [-0.15, -0.1) is 0 Å². The van der Waals surface area contributed by atoms with Crippen molar-refractivity contribution in [1.82, 2.24) is 4.90 Å². The number of hydrogen-bond donors (Lipinski definition) is 3. The van der Waals surface area contributed by atoms with E-state index in [0.717, 1.165) is 12.8 Å². The molecule has 0 radical (unpaired) electrons. The number of unbranched alkanes of at least 4 members (excludes halogenated alkanes) is 1. The molecule has 0 spiro atoms. The van der Waals surface area contributed by atoms with Gasteiger partial charge in [-0.1, -0.05) is 6.42 Å². The lowest BCUT2D eigenvalue weighted by Crippen LogP contribution is -2.43. The van der Waals surface area contributed by atoms with E-state index in [1.165, 1.54) is 0 Å². The lowest BCUT2D eigenvalue weighted by Gasteiger charge is -2.20. The second-order valence-electron chi connectivity index (χ2n) is 4.12. The Morgan fingerprint density at radius 2 is 2.27 bits per heavy atom. The number of nitrogens with zero attached hydrogens (tertiary/aromatic N) is 1. The van der Waals surface area contributed by atoms with Crippen molar-refractivity contribution < 1.29 is 9.90 Å². The molecule has 0 aliphatic carbocycles. The zero-order valence-electron chi connectivity index (χ0n) is 9.06. The van der Waals surface area contributed by atoms with Crippen molar-refractivity contribution in [1.29, 1.82) is 0 Å². The second kappa shape index (κ2) is 6.05. The van der Waals surface area contributed by atoms with E-state index in [-0.39, 0.29) is 12.0 Å². The van der Waals surface area contributed by atoms with E-state index in [4.69, 9.17) is 11.5 Å². The minimum Gasteiger partial charge on any atom is -0.391 e. The van der Waals surface area contributed by atoms with Crippen molar-refractivity contribution in [2.24, 2.45) is 11.5 Å². The van der Waals surface area contributed by atoms with Crippen LogP contribution in [0.25, 0.3) is 0 Å². The van der Waals surface area contributed by atoms with Crippen molar-refractivity contribution in [3.63, 3.8) is 0 Å². The maximum atomic E-state index is 11.7. The lowest BCUT2D eigenvalue weighted by molar-refractivity contribution is -0.132. The summed E-state index contributed by atoms with van der Waals surface area (Å²) in [5.41, 5.74) is 11.1. The minimum atomic E-state index is -0.429. The Bertz CT molecular complexity index is 211. The third kappa shape index (κ3) is 3.77. The molecule has 1 fully saturated rings. The molecule has 0 aromatic rings. The van der Waals surface area contributed by atoms with Crippen molar-refractivity contribution >= 4 is 5.91 Å². The van der Waals surface area contributed by atoms with E-state index in [1.807, 2.05) is 0 Å². The zero-order valence-corrected chi connectivity index (χ0v) is 9.06. The SMILES string of the molecule is NCCCC[C@H](N)C(=O)N1CCC(O)C1. The Labute approximate surface area is 90.4 Å². The summed E-state index contributed by atoms with van der Waals surface area (Å²) in [4.78, 5) is 13.4. The first-order chi connectivity index (χ1) is 7.15. The summed E-state index contributed by atoms with van der Waals surface area (Å²) < 4.78 is 0. The number of β-amino-alcohol motifs (C(OH)–C–C–N with tert-alkyl or cyclic N) is 1. The first-order valence-corrected chi connectivity index (χ1v) is 5.57. The summed E-state index contributed by atoms with van der Waals surface area (Å²) in [6.45, 7) is 1.71. The molecule has 5 heteroatoms. The van der Waals surface area contributed by atoms with Crippen LogP contribution in [0, 0.1) is 0 Å². The minimum absolute atomic E-state index is 0.0384. The van der Waals surface area contributed by atoms with Gasteiger partial charge in [0.25, 0.3) is 0 Å². The highest BCUT2D eigenvalue weighted by Gasteiger charge is 2.27. The van der Waals surface area contributed by atoms with E-state index in [2.05, 4.69) is 0 Å². The van der Waals surface area contributed by atoms with Crippen LogP contribution in [0.15, 0.2) is 0 Å². The third-order valence-electron chi connectivity index (χ3n) is 2.76. The highest BCUT2D eigenvalue weighted by Crippen LogP contribution is 2.11. The monoisotopic (exact) mass is 215 g/mol. The predicted octanol–water partition coefficient (Wildman–Crippen LogP) is -0.964. The number of carbonyl (C=O) groups excluding carboxylic acids is 1. The van der Waals surface area contributed by atoms with Gasteiger partial charge >= 0.3 is 0 Å². The molecular weight excluding hydrogens is 194 g/mol. The van der Waals surface area contributed by atoms with E-state index in [9.17, 15) is 9.90 Å². The summed E-state index contributed by atoms with van der Waals surface area (Å²) in [5.74, 6) is -0.0384. The van der Waals surface area contributed by atoms with Crippen LogP contribution in [-0.2, 0) is 4.79 Å². The smallest absolute Gasteiger partial charge is 0.239 e. The predicted molar refractivity (Wildman–Crippen MR) is 58.1 cm³/mol. The van der Waals surface area contributed by atoms with Gasteiger partial charge in [0.1, 0.15) is 0 Å². The van der Waals surface area contributed by atoms with Crippen molar-refractivity contribution in [3.05, 3.63) is 0 Å². The lowest BCUT2D eigenvalue weighted by atomic mass is 10.1. The molecule has 1 saturated heterocycles. The van der Waals surface area contributed by atoms with Gasteiger partial charge in [-0.2, -0.15) is 0 Å². The van der Waals surface area contributed by atoms with Crippen LogP contribution in [-0.4, -0.2) is 47.7 Å². The van der Waals surface area contributed by atoms with Crippen molar-refractivity contribution in [2.75, 3.05) is 19.6 Å². The molecule has 1 aliphatic rings. The van der Waals surface area contributed by atoms with Gasteiger partial charge in [-0.05, 0) is 25.8 Å². The highest BCUT2D eigenvalue weighted by atomic mass is 16.3. The molecule has 1 rings (SSSR count). The van der Waals surface area contributed by atoms with Crippen molar-refractivity contribution in [3.8, 4) is 0 Å². The van der Waals surface area contributed by atoms with Gasteiger partial charge in [0.15, 0.2) is 0 Å². The Morgan fingerprint density at radius 3 is 2.80 bits per heavy atom. The van der Waals surface area contributed by atoms with E-state index in [0.29, 0.717) is 32.5 Å². The van der Waals surface area contributed by atoms with E-state index >= 15 is 0 Å². The normalized spacial score (nSPS) is 23.1. The molecule has 0 aromatic heterocycles. The fraction of sp³-hybridized carbons (Fsp3) is 0.900. The molecule has 88 valence electrons. The maximum Gasteiger partial charge on any atom is 0.239 e. The van der Waals surface area contributed by atoms with Gasteiger partial charge in [-0.3, -0.25) is 4.79 Å². The second-order valence-corrected chi connectivity index (χ2v) is 4.12. The van der Waals surface area contributed by atoms with E-state index < -0.39 is 6.04 Å². The Balaban J connectivity index is 2.26. The molecule has 1 unspecified atom stereocenters. The van der Waals surface area contributed by atoms with Crippen LogP contribution >= 0.6 is 0 Å². The van der Waals surface area contributed by atoms with Crippen LogP contribution in [0.4, 0.5) is 0 Å². The molecule has 0 aromatic carbocycles. The van der Waals surface area contributed by atoms with Gasteiger partial charge in [0.2, 0.25) is 5.91 Å². The largest absolute Gasteiger partial charge is 0.391 e. The van der Waals surface area contributed by atoms with E-state index in [1.54, 1.807) is 4.90 Å². The molecule has 1 amide bonds. The van der Waals surface area contributed by atoms with Gasteiger partial charge in [-0.25, -0.2) is 0 Å². The van der Waals surface area contributed by atoms with Crippen LogP contribution in [0.3, 0.4) is 0 Å². The molecule has 15 heavy (non-hydrogen) atoms. The molecular formula is C10H21N3O2. The summed E-state index contributed by atoms with van der Waals surface area (Å²) in [6.07, 6.45) is 2.78. The fourth-order valence-corrected chi connectivity index (χ4v) is 1.81. The number of hydrogen-bond acceptors (Lipinski definition) is 4. The Morgan fingerprint density at radius 1 is 1.53 bits per heavy atom. The van der Waals surface area contributed by atoms with Gasteiger partial charge in [0, 0.05) is 13.1 Å². The molecule has 1 aliphatic heterocycles. The molecule has 1 heterocycles. The molecule has 2 atom stereocenters. The zero-order chi connectivity index (χ0) is 11.3. The Kier molecular flexibility index (Phi) is 5.01. The van der Waals surface area contributed by atoms with Gasteiger partial charge < -0.3 is 21.5 Å². The highest BCUT2D eigenvalue weighted by molar-refractivity contribution is 5.81. The average molecular weight is 215 g/mol. The fourth-order valence-electron chi connectivity index (χ4n) is 1.81. The van der Waals surface area contributed by atoms with Crippen LogP contribution in [0.1, 0.15) is 25.7 Å². The summed E-state index contributed by atoms with van der Waals surface area (Å²) in [7, 11) is 0. The number of nitrogens with two attached hydrogens (primary N) is 2. The Hall–Kier alpha value is -0.650. The molecule has 0 saturated carbocycles. The number of aliphatic hydroxyl groups excluding tert-OH is 1. The average Bonchev–Trinajstić information content (AvgIpc) is 2.64. The number of amides is 1. The number of carbonyl (C=O) groups is 1. The first-order valence-electron chi connectivity index (χ1n) is 5.57. The summed E-state index contributed by atoms with van der Waals surface area (Å²) >= 11 is 0. The van der Waals surface area contributed by atoms with Gasteiger partial charge in [0.05, 0.1) is 12.1 Å². The molecule has 0 bridgehead atoms. The van der Waals surface area contributed by atoms with Crippen LogP contribution in [0.5, 0.6) is 0 Å². The maximum absolute atomic E-state index is 11.7. The van der Waals surface area contributed by atoms with Crippen LogP contribution < -0.4 is 11.5 Å². The first kappa shape index (κ1) is 12.4. The summed E-state index contributed by atoms with van der Waals surface area (Å²) in [6, 6.07) is -0.429. The number of aliphatic hydroxyl groups is 1. The number of rotatable bonds is 5. The topological polar surface area (TPSA) is 92.6 Å². The van der Waals surface area contributed by atoms with Crippen LogP contribution in [0.2, 0.25) is 0 Å². The number of likely N-dealkylation sites (tertiary alicyclic amines) is 1. The van der Waals surface area contributed by atoms with Crippen molar-refractivity contribution in [2.45, 2.75) is 37.8 Å². The summed E-state index contributed by atoms with van der Waals surface area (Å²) in [5, 5.41) is 9.29. The third-order valence-corrected chi connectivity index (χ3v) is 2.76. The molecule has 5 nitrogen and oxygen atoms in total. The quantitative estimate of drug-likeness (QED) is 0.515. The molecule has 5 N–H and O–H groups in total. The standard InChI is InChI=1S/C10H21N3O2/c11-5-2-1-3-9(12)10(15)13-6-4-8(14)7-13/h8-9,14H,1-7,11-12H2/t8?,9-/m0/s1.